The Bertz CT molecular complexity index is 530. The molecule has 3 radical (unpaired) electrons. The summed E-state index contributed by atoms with van der Waals surface area (Å²) >= 11 is 0. The van der Waals surface area contributed by atoms with Gasteiger partial charge in [-0.15, -0.1) is 29.3 Å². The summed E-state index contributed by atoms with van der Waals surface area (Å²) in [6.07, 6.45) is 2.08. The summed E-state index contributed by atoms with van der Waals surface area (Å²) in [4.78, 5) is 4.22. The molecule has 0 fully saturated rings. The van der Waals surface area contributed by atoms with Crippen molar-refractivity contribution in [3.05, 3.63) is 60.6 Å². The van der Waals surface area contributed by atoms with Gasteiger partial charge in [-0.25, -0.2) is 0 Å². The van der Waals surface area contributed by atoms with E-state index in [-0.39, 0.29) is 20.1 Å². The SMILES string of the molecule is [CH]Cc1[c-]c(-c2ccccn2)cc(C#N)c1.[Ir]. The minimum Gasteiger partial charge on any atom is -0.305 e. The average Bonchev–Trinajstić information content (AvgIpc) is 2.39. The number of rotatable bonds is 2. The molecule has 0 saturated heterocycles. The van der Waals surface area contributed by atoms with Crippen molar-refractivity contribution < 1.29 is 20.1 Å². The number of aromatic nitrogens is 1. The molecule has 0 aliphatic rings. The first kappa shape index (κ1) is 13.6. The maximum Gasteiger partial charge on any atom is 0.0789 e. The molecule has 1 aromatic heterocycles. The first-order valence-electron chi connectivity index (χ1n) is 4.91. The number of pyridine rings is 1. The van der Waals surface area contributed by atoms with Crippen molar-refractivity contribution in [3.8, 4) is 17.3 Å². The molecule has 0 saturated carbocycles. The Morgan fingerprint density at radius 2 is 2.18 bits per heavy atom. The van der Waals surface area contributed by atoms with E-state index in [0.29, 0.717) is 12.0 Å². The molecular weight excluding hydrogens is 388 g/mol. The van der Waals surface area contributed by atoms with E-state index >= 15 is 0 Å². The molecule has 3 heteroatoms. The summed E-state index contributed by atoms with van der Waals surface area (Å²) in [5.41, 5.74) is 3.01. The standard InChI is InChI=1S/C14H9N2.Ir/c1-2-11-7-12(10-15)9-13(8-11)14-5-3-4-6-16-14;/h1,3-7,9H,2H2;/q-1;. The third-order valence-electron chi connectivity index (χ3n) is 2.21. The summed E-state index contributed by atoms with van der Waals surface area (Å²) in [7, 11) is 0. The minimum absolute atomic E-state index is 0. The molecule has 17 heavy (non-hydrogen) atoms. The smallest absolute Gasteiger partial charge is 0.0789 e. The third kappa shape index (κ3) is 3.23. The van der Waals surface area contributed by atoms with E-state index < -0.39 is 0 Å². The van der Waals surface area contributed by atoms with Crippen LogP contribution in [-0.4, -0.2) is 4.98 Å². The van der Waals surface area contributed by atoms with Gasteiger partial charge in [-0.05, 0) is 30.7 Å². The van der Waals surface area contributed by atoms with Crippen LogP contribution < -0.4 is 0 Å². The molecular formula is C14H9IrN2-. The first-order chi connectivity index (χ1) is 7.83. The molecule has 2 nitrogen and oxygen atoms in total. The van der Waals surface area contributed by atoms with Gasteiger partial charge >= 0.3 is 0 Å². The molecule has 0 atom stereocenters. The summed E-state index contributed by atoms with van der Waals surface area (Å²) in [6, 6.07) is 14.4. The molecule has 0 aliphatic carbocycles. The van der Waals surface area contributed by atoms with Gasteiger partial charge < -0.3 is 4.98 Å². The fourth-order valence-electron chi connectivity index (χ4n) is 1.46. The first-order valence-corrected chi connectivity index (χ1v) is 4.91. The zero-order valence-electron chi connectivity index (χ0n) is 8.98. The van der Waals surface area contributed by atoms with E-state index in [4.69, 9.17) is 12.2 Å². The van der Waals surface area contributed by atoms with Crippen molar-refractivity contribution in [1.82, 2.24) is 4.98 Å². The maximum absolute atomic E-state index is 8.90. The predicted molar refractivity (Wildman–Crippen MR) is 61.2 cm³/mol. The quantitative estimate of drug-likeness (QED) is 0.731. The Labute approximate surface area is 115 Å². The molecule has 1 heterocycles. The zero-order chi connectivity index (χ0) is 11.4. The van der Waals surface area contributed by atoms with E-state index in [1.165, 1.54) is 0 Å². The molecule has 0 N–H and O–H groups in total. The van der Waals surface area contributed by atoms with Crippen molar-refractivity contribution >= 4 is 0 Å². The van der Waals surface area contributed by atoms with Gasteiger partial charge in [-0.2, -0.15) is 5.26 Å². The van der Waals surface area contributed by atoms with Crippen LogP contribution in [0.2, 0.25) is 0 Å². The van der Waals surface area contributed by atoms with Crippen LogP contribution in [0.4, 0.5) is 0 Å². The second-order valence-electron chi connectivity index (χ2n) is 3.34. The fraction of sp³-hybridized carbons (Fsp3) is 0.0714. The predicted octanol–water partition coefficient (Wildman–Crippen LogP) is 2.67. The second-order valence-corrected chi connectivity index (χ2v) is 3.34. The molecule has 2 rings (SSSR count). The molecule has 0 aliphatic heterocycles. The summed E-state index contributed by atoms with van der Waals surface area (Å²) in [6.45, 7) is 5.56. The van der Waals surface area contributed by atoms with E-state index in [1.54, 1.807) is 18.3 Å². The van der Waals surface area contributed by atoms with E-state index in [0.717, 1.165) is 16.8 Å². The van der Waals surface area contributed by atoms with E-state index in [9.17, 15) is 0 Å². The van der Waals surface area contributed by atoms with E-state index in [2.05, 4.69) is 17.1 Å². The van der Waals surface area contributed by atoms with E-state index in [1.807, 2.05) is 18.2 Å². The van der Waals surface area contributed by atoms with Crippen LogP contribution in [0.3, 0.4) is 0 Å². The topological polar surface area (TPSA) is 36.7 Å². The summed E-state index contributed by atoms with van der Waals surface area (Å²) in [5.74, 6) is 0. The van der Waals surface area contributed by atoms with Gasteiger partial charge in [0, 0.05) is 26.3 Å². The normalized spacial score (nSPS) is 9.18. The molecule has 1 aromatic carbocycles. The monoisotopic (exact) mass is 398 g/mol. The van der Waals surface area contributed by atoms with Crippen LogP contribution in [-0.2, 0) is 26.5 Å². The van der Waals surface area contributed by atoms with Gasteiger partial charge in [0.1, 0.15) is 0 Å². The summed E-state index contributed by atoms with van der Waals surface area (Å²) < 4.78 is 0. The van der Waals surface area contributed by atoms with Crippen molar-refractivity contribution in [3.63, 3.8) is 0 Å². The van der Waals surface area contributed by atoms with Crippen LogP contribution in [0.5, 0.6) is 0 Å². The van der Waals surface area contributed by atoms with Gasteiger partial charge in [0.15, 0.2) is 0 Å². The number of benzene rings is 1. The number of nitrogens with zero attached hydrogens (tertiary/aromatic N) is 2. The Morgan fingerprint density at radius 3 is 2.76 bits per heavy atom. The second kappa shape index (κ2) is 6.30. The van der Waals surface area contributed by atoms with Crippen molar-refractivity contribution in [2.24, 2.45) is 0 Å². The van der Waals surface area contributed by atoms with Crippen LogP contribution >= 0.6 is 0 Å². The molecule has 2 aromatic rings. The van der Waals surface area contributed by atoms with Gasteiger partial charge in [0.25, 0.3) is 0 Å². The van der Waals surface area contributed by atoms with Crippen molar-refractivity contribution in [2.75, 3.05) is 0 Å². The van der Waals surface area contributed by atoms with Crippen LogP contribution in [0, 0.1) is 24.3 Å². The number of hydrogen-bond donors (Lipinski definition) is 0. The van der Waals surface area contributed by atoms with Crippen molar-refractivity contribution in [2.45, 2.75) is 6.42 Å². The Balaban J connectivity index is 0.00000144. The Hall–Kier alpha value is -1.49. The van der Waals surface area contributed by atoms with Crippen LogP contribution in [0.15, 0.2) is 36.5 Å². The molecule has 0 amide bonds. The van der Waals surface area contributed by atoms with Crippen LogP contribution in [0.25, 0.3) is 11.3 Å². The third-order valence-corrected chi connectivity index (χ3v) is 2.21. The van der Waals surface area contributed by atoms with Gasteiger partial charge in [-0.1, -0.05) is 12.1 Å². The summed E-state index contributed by atoms with van der Waals surface area (Å²) in [5, 5.41) is 8.90. The average molecular weight is 397 g/mol. The van der Waals surface area contributed by atoms with Crippen molar-refractivity contribution in [1.29, 1.82) is 5.26 Å². The number of hydrogen-bond acceptors (Lipinski definition) is 2. The Kier molecular flexibility index (Phi) is 5.03. The number of nitriles is 1. The largest absolute Gasteiger partial charge is 0.305 e. The molecule has 85 valence electrons. The maximum atomic E-state index is 8.90. The van der Waals surface area contributed by atoms with Gasteiger partial charge in [0.05, 0.1) is 6.07 Å². The molecule has 0 bridgehead atoms. The zero-order valence-corrected chi connectivity index (χ0v) is 11.4. The van der Waals surface area contributed by atoms with Gasteiger partial charge in [0.2, 0.25) is 0 Å². The van der Waals surface area contributed by atoms with Crippen LogP contribution in [0.1, 0.15) is 11.1 Å². The molecule has 0 spiro atoms. The Morgan fingerprint density at radius 1 is 1.35 bits per heavy atom. The minimum atomic E-state index is 0. The van der Waals surface area contributed by atoms with Gasteiger partial charge in [-0.3, -0.25) is 0 Å². The molecule has 0 unspecified atom stereocenters. The fourth-order valence-corrected chi connectivity index (χ4v) is 1.46.